The first-order valence-electron chi connectivity index (χ1n) is 4.58. The Morgan fingerprint density at radius 3 is 2.50 bits per heavy atom. The number of anilines is 1. The van der Waals surface area contributed by atoms with Gasteiger partial charge in [-0.25, -0.2) is 0 Å². The van der Waals surface area contributed by atoms with Gasteiger partial charge in [-0.1, -0.05) is 32.7 Å². The van der Waals surface area contributed by atoms with E-state index in [4.69, 9.17) is 21.9 Å². The van der Waals surface area contributed by atoms with E-state index in [2.05, 4.69) is 21.1 Å². The van der Waals surface area contributed by atoms with E-state index >= 15 is 0 Å². The molecule has 96 valence electrons. The quantitative estimate of drug-likeness (QED) is 0.838. The average Bonchev–Trinajstić information content (AvgIpc) is 2.59. The van der Waals surface area contributed by atoms with Crippen LogP contribution in [0.1, 0.15) is 5.56 Å². The molecule has 1 aromatic carbocycles. The summed E-state index contributed by atoms with van der Waals surface area (Å²) in [6, 6.07) is 3.61. The molecule has 2 rings (SSSR count). The van der Waals surface area contributed by atoms with Crippen molar-refractivity contribution in [1.82, 2.24) is 5.16 Å². The molecule has 3 nitrogen and oxygen atoms in total. The van der Waals surface area contributed by atoms with Gasteiger partial charge in [0.1, 0.15) is 5.02 Å². The van der Waals surface area contributed by atoms with Gasteiger partial charge in [-0.3, -0.25) is 0 Å². The van der Waals surface area contributed by atoms with Crippen LogP contribution in [-0.2, 0) is 6.18 Å². The summed E-state index contributed by atoms with van der Waals surface area (Å²) in [5, 5.41) is 3.19. The van der Waals surface area contributed by atoms with Gasteiger partial charge in [-0.2, -0.15) is 13.2 Å². The third kappa shape index (κ3) is 2.32. The minimum absolute atomic E-state index is 0.136. The molecule has 2 aromatic rings. The van der Waals surface area contributed by atoms with Crippen LogP contribution < -0.4 is 5.73 Å². The van der Waals surface area contributed by atoms with Crippen molar-refractivity contribution < 1.29 is 17.7 Å². The van der Waals surface area contributed by atoms with Gasteiger partial charge in [0, 0.05) is 10.0 Å². The van der Waals surface area contributed by atoms with E-state index in [-0.39, 0.29) is 22.2 Å². The molecule has 0 fully saturated rings. The fourth-order valence-corrected chi connectivity index (χ4v) is 1.94. The molecule has 0 unspecified atom stereocenters. The van der Waals surface area contributed by atoms with E-state index in [1.54, 1.807) is 0 Å². The average molecular weight is 342 g/mol. The standard InChI is InChI=1S/C10H5BrClF3N2O/c11-4-1-2-5(6(3-4)10(13,14)15)8-7(12)9(16)17-18-8/h1-3H,(H2,16,17). The second kappa shape index (κ2) is 4.47. The number of nitrogens with zero attached hydrogens (tertiary/aromatic N) is 1. The fourth-order valence-electron chi connectivity index (χ4n) is 1.41. The Balaban J connectivity index is 2.68. The van der Waals surface area contributed by atoms with Crippen molar-refractivity contribution in [2.45, 2.75) is 6.18 Å². The lowest BCUT2D eigenvalue weighted by Gasteiger charge is -2.11. The molecule has 0 amide bonds. The zero-order valence-corrected chi connectivity index (χ0v) is 10.9. The molecular weight excluding hydrogens is 336 g/mol. The normalized spacial score (nSPS) is 11.8. The van der Waals surface area contributed by atoms with Crippen LogP contribution in [-0.4, -0.2) is 5.16 Å². The lowest BCUT2D eigenvalue weighted by molar-refractivity contribution is -0.137. The third-order valence-corrected chi connectivity index (χ3v) is 3.05. The maximum absolute atomic E-state index is 12.9. The summed E-state index contributed by atoms with van der Waals surface area (Å²) in [4.78, 5) is 0. The van der Waals surface area contributed by atoms with Gasteiger partial charge in [-0.15, -0.1) is 0 Å². The summed E-state index contributed by atoms with van der Waals surface area (Å²) >= 11 is 8.73. The SMILES string of the molecule is Nc1noc(-c2ccc(Br)cc2C(F)(F)F)c1Cl. The number of alkyl halides is 3. The molecule has 0 aliphatic heterocycles. The molecule has 0 radical (unpaired) electrons. The van der Waals surface area contributed by atoms with Crippen molar-refractivity contribution in [2.24, 2.45) is 0 Å². The highest BCUT2D eigenvalue weighted by atomic mass is 79.9. The molecule has 0 spiro atoms. The van der Waals surface area contributed by atoms with E-state index in [1.807, 2.05) is 0 Å². The molecule has 8 heteroatoms. The number of benzene rings is 1. The van der Waals surface area contributed by atoms with Gasteiger partial charge in [0.15, 0.2) is 11.6 Å². The summed E-state index contributed by atoms with van der Waals surface area (Å²) in [5.41, 5.74) is 4.25. The van der Waals surface area contributed by atoms with Crippen LogP contribution in [0, 0.1) is 0 Å². The summed E-state index contributed by atoms with van der Waals surface area (Å²) in [5.74, 6) is -0.350. The Kier molecular flexibility index (Phi) is 3.29. The Labute approximate surface area is 113 Å². The molecular formula is C10H5BrClF3N2O. The van der Waals surface area contributed by atoms with Gasteiger partial charge >= 0.3 is 6.18 Å². The second-order valence-electron chi connectivity index (χ2n) is 3.40. The molecule has 0 bridgehead atoms. The second-order valence-corrected chi connectivity index (χ2v) is 4.69. The molecule has 1 aromatic heterocycles. The maximum atomic E-state index is 12.9. The molecule has 0 aliphatic carbocycles. The van der Waals surface area contributed by atoms with Crippen molar-refractivity contribution >= 4 is 33.3 Å². The predicted molar refractivity (Wildman–Crippen MR) is 64.1 cm³/mol. The minimum Gasteiger partial charge on any atom is -0.380 e. The van der Waals surface area contributed by atoms with Gasteiger partial charge < -0.3 is 10.3 Å². The van der Waals surface area contributed by atoms with Gasteiger partial charge in [0.25, 0.3) is 0 Å². The van der Waals surface area contributed by atoms with Crippen molar-refractivity contribution in [3.05, 3.63) is 33.3 Å². The van der Waals surface area contributed by atoms with Gasteiger partial charge in [0.05, 0.1) is 5.56 Å². The van der Waals surface area contributed by atoms with E-state index in [0.717, 1.165) is 6.07 Å². The van der Waals surface area contributed by atoms with E-state index < -0.39 is 11.7 Å². The van der Waals surface area contributed by atoms with Crippen LogP contribution in [0.2, 0.25) is 5.02 Å². The summed E-state index contributed by atoms with van der Waals surface area (Å²) < 4.78 is 43.7. The minimum atomic E-state index is -4.54. The van der Waals surface area contributed by atoms with Crippen molar-refractivity contribution in [3.63, 3.8) is 0 Å². The molecule has 0 saturated heterocycles. The molecule has 1 heterocycles. The molecule has 18 heavy (non-hydrogen) atoms. The smallest absolute Gasteiger partial charge is 0.380 e. The first kappa shape index (κ1) is 13.2. The highest BCUT2D eigenvalue weighted by Gasteiger charge is 2.35. The number of hydrogen-bond donors (Lipinski definition) is 1. The Hall–Kier alpha value is -1.21. The molecule has 0 aliphatic rings. The Morgan fingerprint density at radius 1 is 1.33 bits per heavy atom. The molecule has 2 N–H and O–H groups in total. The lowest BCUT2D eigenvalue weighted by Crippen LogP contribution is -2.07. The monoisotopic (exact) mass is 340 g/mol. The number of aromatic nitrogens is 1. The molecule has 0 saturated carbocycles. The zero-order valence-electron chi connectivity index (χ0n) is 8.55. The van der Waals surface area contributed by atoms with Crippen LogP contribution in [0.4, 0.5) is 19.0 Å². The molecule has 0 atom stereocenters. The van der Waals surface area contributed by atoms with Crippen LogP contribution in [0.5, 0.6) is 0 Å². The first-order valence-corrected chi connectivity index (χ1v) is 5.75. The summed E-state index contributed by atoms with van der Waals surface area (Å²) in [7, 11) is 0. The fraction of sp³-hybridized carbons (Fsp3) is 0.100. The van der Waals surface area contributed by atoms with E-state index in [0.29, 0.717) is 4.47 Å². The maximum Gasteiger partial charge on any atom is 0.417 e. The van der Waals surface area contributed by atoms with Crippen molar-refractivity contribution in [3.8, 4) is 11.3 Å². The number of halogens is 5. The summed E-state index contributed by atoms with van der Waals surface area (Å²) in [6.45, 7) is 0. The van der Waals surface area contributed by atoms with Crippen molar-refractivity contribution in [2.75, 3.05) is 5.73 Å². The predicted octanol–water partition coefficient (Wildman–Crippen LogP) is 4.36. The van der Waals surface area contributed by atoms with E-state index in [1.165, 1.54) is 12.1 Å². The first-order chi connectivity index (χ1) is 8.30. The van der Waals surface area contributed by atoms with Crippen LogP contribution in [0.3, 0.4) is 0 Å². The number of rotatable bonds is 1. The zero-order chi connectivity index (χ0) is 13.5. The largest absolute Gasteiger partial charge is 0.417 e. The topological polar surface area (TPSA) is 52.0 Å². The van der Waals surface area contributed by atoms with Crippen LogP contribution >= 0.6 is 27.5 Å². The number of hydrogen-bond acceptors (Lipinski definition) is 3. The Morgan fingerprint density at radius 2 is 2.00 bits per heavy atom. The van der Waals surface area contributed by atoms with Crippen LogP contribution in [0.15, 0.2) is 27.2 Å². The van der Waals surface area contributed by atoms with Gasteiger partial charge in [0.2, 0.25) is 0 Å². The van der Waals surface area contributed by atoms with E-state index in [9.17, 15) is 13.2 Å². The summed E-state index contributed by atoms with van der Waals surface area (Å²) in [6.07, 6.45) is -4.54. The highest BCUT2D eigenvalue weighted by molar-refractivity contribution is 9.10. The van der Waals surface area contributed by atoms with Gasteiger partial charge in [-0.05, 0) is 18.2 Å². The highest BCUT2D eigenvalue weighted by Crippen LogP contribution is 2.41. The number of nitrogens with two attached hydrogens (primary N) is 1. The number of nitrogen functional groups attached to an aromatic ring is 1. The van der Waals surface area contributed by atoms with Crippen molar-refractivity contribution in [1.29, 1.82) is 0 Å². The third-order valence-electron chi connectivity index (χ3n) is 2.19. The lowest BCUT2D eigenvalue weighted by atomic mass is 10.0. The Bertz CT molecular complexity index is 597. The van der Waals surface area contributed by atoms with Crippen LogP contribution in [0.25, 0.3) is 11.3 Å².